The van der Waals surface area contributed by atoms with Crippen LogP contribution in [0.5, 0.6) is 0 Å². The van der Waals surface area contributed by atoms with Gasteiger partial charge < -0.3 is 15.3 Å². The maximum Gasteiger partial charge on any atom is 0.320 e. The first kappa shape index (κ1) is 9.90. The number of aliphatic carboxylic acids is 2. The maximum absolute atomic E-state index is 10.4. The predicted molar refractivity (Wildman–Crippen MR) is 35.1 cm³/mol. The van der Waals surface area contributed by atoms with Crippen molar-refractivity contribution in [3.8, 4) is 0 Å². The van der Waals surface area contributed by atoms with E-state index in [-0.39, 0.29) is 6.42 Å². The van der Waals surface area contributed by atoms with Gasteiger partial charge in [0.05, 0.1) is 0 Å². The third kappa shape index (κ3) is 1.91. The van der Waals surface area contributed by atoms with Gasteiger partial charge in [-0.05, 0) is 13.3 Å². The van der Waals surface area contributed by atoms with Crippen LogP contribution >= 0.6 is 0 Å². The van der Waals surface area contributed by atoms with Gasteiger partial charge in [0, 0.05) is 6.61 Å². The smallest absolute Gasteiger partial charge is 0.320 e. The number of aliphatic hydroxyl groups excluding tert-OH is 1. The highest BCUT2D eigenvalue weighted by Crippen LogP contribution is 2.21. The lowest BCUT2D eigenvalue weighted by molar-refractivity contribution is -0.164. The van der Waals surface area contributed by atoms with Gasteiger partial charge in [0.1, 0.15) is 0 Å². The Morgan fingerprint density at radius 3 is 1.73 bits per heavy atom. The van der Waals surface area contributed by atoms with Crippen molar-refractivity contribution < 1.29 is 24.9 Å². The fraction of sp³-hybridized carbons (Fsp3) is 0.667. The van der Waals surface area contributed by atoms with E-state index in [9.17, 15) is 9.59 Å². The minimum atomic E-state index is -1.87. The van der Waals surface area contributed by atoms with Crippen molar-refractivity contribution in [2.75, 3.05) is 6.61 Å². The first-order valence-corrected chi connectivity index (χ1v) is 3.03. The molecule has 0 aromatic carbocycles. The third-order valence-corrected chi connectivity index (χ3v) is 1.56. The second-order valence-electron chi connectivity index (χ2n) is 2.42. The van der Waals surface area contributed by atoms with Gasteiger partial charge in [-0.15, -0.1) is 0 Å². The van der Waals surface area contributed by atoms with Gasteiger partial charge in [0.15, 0.2) is 5.41 Å². The summed E-state index contributed by atoms with van der Waals surface area (Å²) in [5.41, 5.74) is -1.87. The average molecular weight is 162 g/mol. The van der Waals surface area contributed by atoms with Gasteiger partial charge in [0.25, 0.3) is 0 Å². The molecule has 0 aliphatic rings. The second-order valence-corrected chi connectivity index (χ2v) is 2.42. The molecule has 0 spiro atoms. The summed E-state index contributed by atoms with van der Waals surface area (Å²) in [6, 6.07) is 0. The molecule has 11 heavy (non-hydrogen) atoms. The molecule has 0 bridgehead atoms. The van der Waals surface area contributed by atoms with Gasteiger partial charge in [-0.25, -0.2) is 0 Å². The Morgan fingerprint density at radius 2 is 1.64 bits per heavy atom. The first-order chi connectivity index (χ1) is 4.95. The Hall–Kier alpha value is -1.10. The summed E-state index contributed by atoms with van der Waals surface area (Å²) in [5, 5.41) is 25.3. The fourth-order valence-electron chi connectivity index (χ4n) is 0.529. The topological polar surface area (TPSA) is 94.8 Å². The summed E-state index contributed by atoms with van der Waals surface area (Å²) in [4.78, 5) is 20.7. The van der Waals surface area contributed by atoms with E-state index in [1.54, 1.807) is 0 Å². The number of hydrogen-bond donors (Lipinski definition) is 3. The van der Waals surface area contributed by atoms with Crippen molar-refractivity contribution >= 4 is 11.9 Å². The zero-order chi connectivity index (χ0) is 9.07. The van der Waals surface area contributed by atoms with E-state index in [4.69, 9.17) is 15.3 Å². The number of carboxylic acids is 2. The van der Waals surface area contributed by atoms with E-state index in [1.807, 2.05) is 0 Å². The Labute approximate surface area is 63.3 Å². The minimum Gasteiger partial charge on any atom is -0.480 e. The lowest BCUT2D eigenvalue weighted by Crippen LogP contribution is -2.37. The molecule has 0 aromatic rings. The van der Waals surface area contributed by atoms with Crippen molar-refractivity contribution in [2.45, 2.75) is 13.3 Å². The molecule has 0 unspecified atom stereocenters. The van der Waals surface area contributed by atoms with Crippen LogP contribution in [0.4, 0.5) is 0 Å². The van der Waals surface area contributed by atoms with Gasteiger partial charge in [-0.3, -0.25) is 9.59 Å². The van der Waals surface area contributed by atoms with Crippen molar-refractivity contribution in [3.63, 3.8) is 0 Å². The van der Waals surface area contributed by atoms with Crippen LogP contribution in [-0.2, 0) is 9.59 Å². The van der Waals surface area contributed by atoms with Crippen LogP contribution in [0.25, 0.3) is 0 Å². The lowest BCUT2D eigenvalue weighted by Gasteiger charge is -2.17. The molecule has 0 radical (unpaired) electrons. The number of aliphatic hydroxyl groups is 1. The van der Waals surface area contributed by atoms with Gasteiger partial charge in [-0.2, -0.15) is 0 Å². The zero-order valence-corrected chi connectivity index (χ0v) is 6.07. The number of carbonyl (C=O) groups is 2. The molecule has 0 saturated carbocycles. The third-order valence-electron chi connectivity index (χ3n) is 1.56. The molecule has 0 heterocycles. The van der Waals surface area contributed by atoms with Crippen LogP contribution in [0, 0.1) is 5.41 Å². The standard InChI is InChI=1S/C6H10O5/c1-6(2-3-7,4(8)9)5(10)11/h7H,2-3H2,1H3,(H,8,9)(H,10,11). The highest BCUT2D eigenvalue weighted by molar-refractivity contribution is 5.97. The van der Waals surface area contributed by atoms with Gasteiger partial charge in [-0.1, -0.05) is 0 Å². The molecule has 3 N–H and O–H groups in total. The average Bonchev–Trinajstić information content (AvgIpc) is 1.87. The lowest BCUT2D eigenvalue weighted by atomic mass is 9.87. The number of hydrogen-bond acceptors (Lipinski definition) is 3. The summed E-state index contributed by atoms with van der Waals surface area (Å²) >= 11 is 0. The summed E-state index contributed by atoms with van der Waals surface area (Å²) in [6.45, 7) is 0.614. The van der Waals surface area contributed by atoms with Crippen molar-refractivity contribution in [1.29, 1.82) is 0 Å². The fourth-order valence-corrected chi connectivity index (χ4v) is 0.529. The summed E-state index contributed by atoms with van der Waals surface area (Å²) in [6.07, 6.45) is -0.280. The van der Waals surface area contributed by atoms with Gasteiger partial charge in [0.2, 0.25) is 0 Å². The molecule has 0 aromatic heterocycles. The van der Waals surface area contributed by atoms with Crippen LogP contribution in [0.3, 0.4) is 0 Å². The molecule has 0 atom stereocenters. The molecule has 5 nitrogen and oxygen atoms in total. The maximum atomic E-state index is 10.4. The van der Waals surface area contributed by atoms with E-state index >= 15 is 0 Å². The highest BCUT2D eigenvalue weighted by atomic mass is 16.4. The molecule has 0 saturated heterocycles. The van der Waals surface area contributed by atoms with Gasteiger partial charge >= 0.3 is 11.9 Å². The molecular weight excluding hydrogens is 152 g/mol. The summed E-state index contributed by atoms with van der Waals surface area (Å²) in [5.74, 6) is -2.86. The SMILES string of the molecule is CC(CCO)(C(=O)O)C(=O)O. The van der Waals surface area contributed by atoms with E-state index in [2.05, 4.69) is 0 Å². The van der Waals surface area contributed by atoms with E-state index in [0.29, 0.717) is 0 Å². The Balaban J connectivity index is 4.52. The molecule has 0 aliphatic carbocycles. The van der Waals surface area contributed by atoms with Crippen LogP contribution in [0.15, 0.2) is 0 Å². The van der Waals surface area contributed by atoms with E-state index in [1.165, 1.54) is 0 Å². The molecule has 0 fully saturated rings. The Bertz CT molecular complexity index is 160. The first-order valence-electron chi connectivity index (χ1n) is 3.03. The molecular formula is C6H10O5. The Morgan fingerprint density at radius 1 is 1.27 bits per heavy atom. The van der Waals surface area contributed by atoms with Crippen molar-refractivity contribution in [2.24, 2.45) is 5.41 Å². The normalized spacial score (nSPS) is 11.1. The van der Waals surface area contributed by atoms with Crippen LogP contribution in [0.1, 0.15) is 13.3 Å². The highest BCUT2D eigenvalue weighted by Gasteiger charge is 2.40. The summed E-state index contributed by atoms with van der Waals surface area (Å²) < 4.78 is 0. The largest absolute Gasteiger partial charge is 0.480 e. The summed E-state index contributed by atoms with van der Waals surface area (Å²) in [7, 11) is 0. The minimum absolute atomic E-state index is 0.280. The van der Waals surface area contributed by atoms with Crippen LogP contribution < -0.4 is 0 Å². The molecule has 0 rings (SSSR count). The molecule has 0 aliphatic heterocycles. The number of carboxylic acid groups (broad SMARTS) is 2. The zero-order valence-electron chi connectivity index (χ0n) is 6.07. The van der Waals surface area contributed by atoms with Crippen molar-refractivity contribution in [3.05, 3.63) is 0 Å². The monoisotopic (exact) mass is 162 g/mol. The van der Waals surface area contributed by atoms with Crippen LogP contribution in [-0.4, -0.2) is 33.9 Å². The number of rotatable bonds is 4. The molecule has 5 heteroatoms. The predicted octanol–water partition coefficient (Wildman–Crippen LogP) is -0.456. The van der Waals surface area contributed by atoms with E-state index < -0.39 is 24.0 Å². The Kier molecular flexibility index (Phi) is 3.00. The van der Waals surface area contributed by atoms with Crippen molar-refractivity contribution in [1.82, 2.24) is 0 Å². The van der Waals surface area contributed by atoms with E-state index in [0.717, 1.165) is 6.92 Å². The molecule has 0 amide bonds. The quantitative estimate of drug-likeness (QED) is 0.486. The molecule has 64 valence electrons. The van der Waals surface area contributed by atoms with Crippen LogP contribution in [0.2, 0.25) is 0 Å². The second kappa shape index (κ2) is 3.34.